The number of hydrogen-bond acceptors (Lipinski definition) is 2. The average Bonchev–Trinajstić information content (AvgIpc) is 2.90. The summed E-state index contributed by atoms with van der Waals surface area (Å²) in [6.07, 6.45) is 9.55. The molecule has 0 amide bonds. The Hall–Kier alpha value is -0.410. The standard InChI is InChI=1S/C14H18BrNO/c15-12-4-10(7-16-8-12)6-14(17)13-5-9-1-2-11(13)3-9/h4,7-9,11,13-14,17H,1-3,5-6H2. The predicted molar refractivity (Wildman–Crippen MR) is 70.6 cm³/mol. The molecule has 2 aliphatic rings. The normalized spacial score (nSPS) is 32.9. The smallest absolute Gasteiger partial charge is 0.0612 e. The van der Waals surface area contributed by atoms with Crippen LogP contribution in [0.2, 0.25) is 0 Å². The van der Waals surface area contributed by atoms with Gasteiger partial charge in [-0.25, -0.2) is 0 Å². The lowest BCUT2D eigenvalue weighted by atomic mass is 9.83. The molecule has 17 heavy (non-hydrogen) atoms. The van der Waals surface area contributed by atoms with Crippen LogP contribution in [0.1, 0.15) is 31.2 Å². The van der Waals surface area contributed by atoms with Gasteiger partial charge in [0.2, 0.25) is 0 Å². The van der Waals surface area contributed by atoms with Crippen molar-refractivity contribution in [3.05, 3.63) is 28.5 Å². The summed E-state index contributed by atoms with van der Waals surface area (Å²) in [5, 5.41) is 10.4. The average molecular weight is 296 g/mol. The SMILES string of the molecule is OC(Cc1cncc(Br)c1)C1CC2CCC1C2. The molecule has 0 radical (unpaired) electrons. The Bertz CT molecular complexity index is 409. The minimum atomic E-state index is -0.179. The molecule has 3 heteroatoms. The number of hydrogen-bond donors (Lipinski definition) is 1. The van der Waals surface area contributed by atoms with Crippen LogP contribution >= 0.6 is 15.9 Å². The molecule has 0 saturated heterocycles. The fraction of sp³-hybridized carbons (Fsp3) is 0.643. The van der Waals surface area contributed by atoms with Gasteiger partial charge in [0.25, 0.3) is 0 Å². The van der Waals surface area contributed by atoms with Crippen molar-refractivity contribution in [1.29, 1.82) is 0 Å². The number of pyridine rings is 1. The van der Waals surface area contributed by atoms with E-state index >= 15 is 0 Å². The van der Waals surface area contributed by atoms with Crippen molar-refractivity contribution in [2.45, 2.75) is 38.2 Å². The van der Waals surface area contributed by atoms with Crippen molar-refractivity contribution < 1.29 is 5.11 Å². The van der Waals surface area contributed by atoms with Gasteiger partial charge in [-0.15, -0.1) is 0 Å². The highest BCUT2D eigenvalue weighted by Gasteiger charge is 2.42. The molecule has 3 rings (SSSR count). The van der Waals surface area contributed by atoms with E-state index in [1.54, 1.807) is 6.20 Å². The Kier molecular flexibility index (Phi) is 3.22. The Balaban J connectivity index is 1.65. The van der Waals surface area contributed by atoms with Gasteiger partial charge in [0, 0.05) is 23.3 Å². The van der Waals surface area contributed by atoms with Crippen molar-refractivity contribution >= 4 is 15.9 Å². The third-order valence-corrected chi connectivity index (χ3v) is 4.93. The summed E-state index contributed by atoms with van der Waals surface area (Å²) >= 11 is 3.42. The molecule has 0 aliphatic heterocycles. The summed E-state index contributed by atoms with van der Waals surface area (Å²) in [6.45, 7) is 0. The summed E-state index contributed by atoms with van der Waals surface area (Å²) in [5.74, 6) is 2.23. The third kappa shape index (κ3) is 2.41. The van der Waals surface area contributed by atoms with Gasteiger partial charge in [0.1, 0.15) is 0 Å². The minimum Gasteiger partial charge on any atom is -0.392 e. The first-order valence-electron chi connectivity index (χ1n) is 6.50. The molecule has 0 spiro atoms. The molecule has 1 N–H and O–H groups in total. The molecule has 4 atom stereocenters. The summed E-state index contributed by atoms with van der Waals surface area (Å²) in [4.78, 5) is 4.15. The van der Waals surface area contributed by atoms with E-state index in [1.807, 2.05) is 6.20 Å². The second-order valence-corrected chi connectivity index (χ2v) is 6.54. The van der Waals surface area contributed by atoms with E-state index in [4.69, 9.17) is 0 Å². The highest BCUT2D eigenvalue weighted by atomic mass is 79.9. The Morgan fingerprint density at radius 1 is 1.35 bits per heavy atom. The maximum Gasteiger partial charge on any atom is 0.0612 e. The zero-order valence-corrected chi connectivity index (χ0v) is 11.4. The largest absolute Gasteiger partial charge is 0.392 e. The van der Waals surface area contributed by atoms with Gasteiger partial charge >= 0.3 is 0 Å². The summed E-state index contributed by atoms with van der Waals surface area (Å²) in [7, 11) is 0. The molecule has 2 fully saturated rings. The number of rotatable bonds is 3. The van der Waals surface area contributed by atoms with E-state index < -0.39 is 0 Å². The van der Waals surface area contributed by atoms with Gasteiger partial charge in [0.05, 0.1) is 6.10 Å². The summed E-state index contributed by atoms with van der Waals surface area (Å²) in [5.41, 5.74) is 1.13. The molecular weight excluding hydrogens is 278 g/mol. The van der Waals surface area contributed by atoms with Gasteiger partial charge in [-0.3, -0.25) is 4.98 Å². The van der Waals surface area contributed by atoms with Crippen LogP contribution in [0.15, 0.2) is 22.9 Å². The molecule has 2 nitrogen and oxygen atoms in total. The van der Waals surface area contributed by atoms with Crippen LogP contribution < -0.4 is 0 Å². The highest BCUT2D eigenvalue weighted by molar-refractivity contribution is 9.10. The molecule has 2 saturated carbocycles. The van der Waals surface area contributed by atoms with Gasteiger partial charge < -0.3 is 5.11 Å². The Labute approximate surface area is 111 Å². The number of nitrogens with zero attached hydrogens (tertiary/aromatic N) is 1. The molecule has 4 unspecified atom stereocenters. The fourth-order valence-electron chi connectivity index (χ4n) is 3.73. The first kappa shape index (κ1) is 11.7. The summed E-state index contributed by atoms with van der Waals surface area (Å²) in [6, 6.07) is 2.06. The number of aromatic nitrogens is 1. The Morgan fingerprint density at radius 3 is 2.88 bits per heavy atom. The summed E-state index contributed by atoms with van der Waals surface area (Å²) < 4.78 is 0.996. The quantitative estimate of drug-likeness (QED) is 0.929. The van der Waals surface area contributed by atoms with Crippen molar-refractivity contribution in [3.8, 4) is 0 Å². The van der Waals surface area contributed by atoms with E-state index in [9.17, 15) is 5.11 Å². The van der Waals surface area contributed by atoms with Crippen molar-refractivity contribution in [2.75, 3.05) is 0 Å². The van der Waals surface area contributed by atoms with Crippen LogP contribution in [0.4, 0.5) is 0 Å². The topological polar surface area (TPSA) is 33.1 Å². The van der Waals surface area contributed by atoms with Crippen molar-refractivity contribution in [1.82, 2.24) is 4.98 Å². The van der Waals surface area contributed by atoms with Crippen LogP contribution in [-0.4, -0.2) is 16.2 Å². The van der Waals surface area contributed by atoms with E-state index in [0.29, 0.717) is 5.92 Å². The minimum absolute atomic E-state index is 0.179. The van der Waals surface area contributed by atoms with E-state index in [0.717, 1.165) is 28.3 Å². The first-order valence-corrected chi connectivity index (χ1v) is 7.29. The third-order valence-electron chi connectivity index (χ3n) is 4.49. The number of halogens is 1. The van der Waals surface area contributed by atoms with E-state index in [1.165, 1.54) is 25.7 Å². The van der Waals surface area contributed by atoms with Crippen LogP contribution in [0.25, 0.3) is 0 Å². The number of aliphatic hydroxyl groups excluding tert-OH is 1. The monoisotopic (exact) mass is 295 g/mol. The fourth-order valence-corrected chi connectivity index (χ4v) is 4.14. The highest BCUT2D eigenvalue weighted by Crippen LogP contribution is 2.49. The molecule has 2 bridgehead atoms. The van der Waals surface area contributed by atoms with Gasteiger partial charge in [-0.05, 0) is 64.6 Å². The second kappa shape index (κ2) is 4.69. The molecule has 1 aromatic heterocycles. The number of fused-ring (bicyclic) bond motifs is 2. The molecule has 1 heterocycles. The van der Waals surface area contributed by atoms with Gasteiger partial charge in [-0.1, -0.05) is 6.42 Å². The number of aliphatic hydroxyl groups is 1. The van der Waals surface area contributed by atoms with Crippen LogP contribution in [0, 0.1) is 17.8 Å². The molecule has 0 aromatic carbocycles. The van der Waals surface area contributed by atoms with Crippen LogP contribution in [-0.2, 0) is 6.42 Å². The lowest BCUT2D eigenvalue weighted by Gasteiger charge is -2.26. The molecule has 92 valence electrons. The Morgan fingerprint density at radius 2 is 2.24 bits per heavy atom. The van der Waals surface area contributed by atoms with Gasteiger partial charge in [-0.2, -0.15) is 0 Å². The van der Waals surface area contributed by atoms with Crippen molar-refractivity contribution in [3.63, 3.8) is 0 Å². The maximum atomic E-state index is 10.4. The van der Waals surface area contributed by atoms with E-state index in [-0.39, 0.29) is 6.10 Å². The lowest BCUT2D eigenvalue weighted by molar-refractivity contribution is 0.0750. The second-order valence-electron chi connectivity index (χ2n) is 5.62. The van der Waals surface area contributed by atoms with Crippen LogP contribution in [0.3, 0.4) is 0 Å². The zero-order chi connectivity index (χ0) is 11.8. The molecular formula is C14H18BrNO. The molecule has 2 aliphatic carbocycles. The van der Waals surface area contributed by atoms with Gasteiger partial charge in [0.15, 0.2) is 0 Å². The van der Waals surface area contributed by atoms with E-state index in [2.05, 4.69) is 27.0 Å². The zero-order valence-electron chi connectivity index (χ0n) is 9.85. The lowest BCUT2D eigenvalue weighted by Crippen LogP contribution is -2.27. The van der Waals surface area contributed by atoms with Crippen LogP contribution in [0.5, 0.6) is 0 Å². The maximum absolute atomic E-state index is 10.4. The molecule has 1 aromatic rings. The first-order chi connectivity index (χ1) is 8.22. The van der Waals surface area contributed by atoms with Crippen molar-refractivity contribution in [2.24, 2.45) is 17.8 Å². The predicted octanol–water partition coefficient (Wildman–Crippen LogP) is 3.18.